The second-order valence-electron chi connectivity index (χ2n) is 7.47. The summed E-state index contributed by atoms with van der Waals surface area (Å²) < 4.78 is 73.0. The first-order valence-corrected chi connectivity index (χ1v) is 13.4. The van der Waals surface area contributed by atoms with Gasteiger partial charge < -0.3 is 4.74 Å². The van der Waals surface area contributed by atoms with Crippen LogP contribution in [0.2, 0.25) is 0 Å². The van der Waals surface area contributed by atoms with Crippen molar-refractivity contribution in [3.05, 3.63) is 48.0 Å². The van der Waals surface area contributed by atoms with Crippen LogP contribution in [-0.4, -0.2) is 85.1 Å². The molecule has 0 bridgehead atoms. The minimum atomic E-state index is -4.83. The van der Waals surface area contributed by atoms with Gasteiger partial charge in [0, 0.05) is 59.1 Å². The number of hydrogen-bond acceptors (Lipinski definition) is 5. The molecular formula is C22H30Na2O7S2. The molecule has 0 amide bonds. The van der Waals surface area contributed by atoms with E-state index >= 15 is 0 Å². The van der Waals surface area contributed by atoms with Crippen LogP contribution in [0.3, 0.4) is 0 Å². The molecule has 174 valence electrons. The van der Waals surface area contributed by atoms with Crippen LogP contribution in [0.5, 0.6) is 11.5 Å². The molecule has 0 saturated heterocycles. The molecule has 0 aliphatic heterocycles. The summed E-state index contributed by atoms with van der Waals surface area (Å²) in [5, 5.41) is 0. The molecule has 2 aromatic carbocycles. The van der Waals surface area contributed by atoms with Crippen LogP contribution in [0.15, 0.2) is 52.3 Å². The largest absolute Gasteiger partial charge is 0.454 e. The van der Waals surface area contributed by atoms with Gasteiger partial charge in [0.25, 0.3) is 20.2 Å². The molecule has 0 fully saturated rings. The van der Waals surface area contributed by atoms with Crippen LogP contribution in [-0.2, 0) is 26.7 Å². The Hall–Kier alpha value is 0.0600. The van der Waals surface area contributed by atoms with E-state index in [0.717, 1.165) is 25.3 Å². The van der Waals surface area contributed by atoms with E-state index in [9.17, 15) is 25.9 Å². The maximum Gasteiger partial charge on any atom is 0.298 e. The summed E-state index contributed by atoms with van der Waals surface area (Å²) in [7, 11) is -9.62. The summed E-state index contributed by atoms with van der Waals surface area (Å²) in [5.74, 6) is -0.435. The third kappa shape index (κ3) is 11.1. The first-order valence-electron chi connectivity index (χ1n) is 10.5. The maximum atomic E-state index is 12.2. The Labute approximate surface area is 241 Å². The van der Waals surface area contributed by atoms with Crippen molar-refractivity contribution in [1.82, 2.24) is 0 Å². The fourth-order valence-corrected chi connectivity index (χ4v) is 4.99. The Kier molecular flexibility index (Phi) is 16.0. The molecule has 0 spiro atoms. The van der Waals surface area contributed by atoms with E-state index in [1.807, 2.05) is 0 Å². The zero-order valence-corrected chi connectivity index (χ0v) is 25.3. The second-order valence-corrected chi connectivity index (χ2v) is 10.2. The number of para-hydroxylation sites is 1. The van der Waals surface area contributed by atoms with Crippen molar-refractivity contribution in [2.24, 2.45) is 0 Å². The van der Waals surface area contributed by atoms with Gasteiger partial charge in [-0.05, 0) is 36.6 Å². The summed E-state index contributed by atoms with van der Waals surface area (Å²) >= 11 is 0. The Morgan fingerprint density at radius 3 is 1.79 bits per heavy atom. The smallest absolute Gasteiger partial charge is 0.298 e. The fraction of sp³-hybridized carbons (Fsp3) is 0.455. The number of ether oxygens (including phenoxy) is 1. The zero-order valence-electron chi connectivity index (χ0n) is 19.7. The van der Waals surface area contributed by atoms with Gasteiger partial charge in [0.2, 0.25) is 0 Å². The predicted octanol–water partition coefficient (Wildman–Crippen LogP) is 4.89. The van der Waals surface area contributed by atoms with Crippen molar-refractivity contribution in [3.8, 4) is 11.5 Å². The van der Waals surface area contributed by atoms with Gasteiger partial charge in [-0.2, -0.15) is 16.8 Å². The van der Waals surface area contributed by atoms with Crippen molar-refractivity contribution >= 4 is 79.4 Å². The number of rotatable bonds is 13. The van der Waals surface area contributed by atoms with E-state index in [0.29, 0.717) is 12.8 Å². The molecule has 0 aliphatic rings. The van der Waals surface area contributed by atoms with Gasteiger partial charge in [-0.15, -0.1) is 0 Å². The molecular weight excluding hydrogens is 486 g/mol. The SMILES string of the molecule is CCCCCCCCCCc1ccc(S(=O)(=O)O)c(Oc2ccccc2)c1S(=O)(=O)O.[Na].[Na]. The standard InChI is InChI=1S/C22H30O7S2.2Na/c1-2-3-4-5-6-7-8-10-13-18-16-17-20(30(23,24)25)21(22(18)31(26,27)28)29-19-14-11-9-12-15-19;;/h9,11-12,14-17H,2-8,10,13H2,1H3,(H,23,24,25)(H,26,27,28);;. The number of hydrogen-bond donors (Lipinski definition) is 2. The topological polar surface area (TPSA) is 118 Å². The molecule has 0 aromatic heterocycles. The predicted molar refractivity (Wildman–Crippen MR) is 130 cm³/mol. The molecule has 0 saturated carbocycles. The second kappa shape index (κ2) is 15.9. The third-order valence-corrected chi connectivity index (χ3v) is 6.80. The van der Waals surface area contributed by atoms with Gasteiger partial charge in [0.05, 0.1) is 0 Å². The molecule has 0 unspecified atom stereocenters. The Bertz CT molecular complexity index is 1060. The number of aryl methyl sites for hydroxylation is 1. The summed E-state index contributed by atoms with van der Waals surface area (Å²) in [5.41, 5.74) is 0.242. The summed E-state index contributed by atoms with van der Waals surface area (Å²) in [6.07, 6.45) is 8.78. The van der Waals surface area contributed by atoms with Crippen LogP contribution in [0.25, 0.3) is 0 Å². The maximum absolute atomic E-state index is 12.2. The van der Waals surface area contributed by atoms with Gasteiger partial charge in [-0.25, -0.2) is 0 Å². The Morgan fingerprint density at radius 2 is 1.27 bits per heavy atom. The molecule has 33 heavy (non-hydrogen) atoms. The van der Waals surface area contributed by atoms with Crippen molar-refractivity contribution in [2.75, 3.05) is 0 Å². The quantitative estimate of drug-likeness (QED) is 0.221. The molecule has 2 N–H and O–H groups in total. The summed E-state index contributed by atoms with van der Waals surface area (Å²) in [4.78, 5) is -1.35. The molecule has 7 nitrogen and oxygen atoms in total. The average molecular weight is 517 g/mol. The molecule has 11 heteroatoms. The van der Waals surface area contributed by atoms with E-state index in [1.54, 1.807) is 18.2 Å². The van der Waals surface area contributed by atoms with Crippen LogP contribution >= 0.6 is 0 Å². The monoisotopic (exact) mass is 516 g/mol. The number of benzene rings is 2. The first kappa shape index (κ1) is 33.1. The van der Waals surface area contributed by atoms with Gasteiger partial charge in [0.1, 0.15) is 15.5 Å². The molecule has 2 radical (unpaired) electrons. The van der Waals surface area contributed by atoms with Gasteiger partial charge in [-0.3, -0.25) is 9.11 Å². The van der Waals surface area contributed by atoms with Crippen LogP contribution < -0.4 is 4.74 Å². The molecule has 2 aromatic rings. The van der Waals surface area contributed by atoms with Gasteiger partial charge in [0.15, 0.2) is 5.75 Å². The average Bonchev–Trinajstić information content (AvgIpc) is 2.69. The van der Waals surface area contributed by atoms with E-state index < -0.39 is 35.8 Å². The normalized spacial score (nSPS) is 11.4. The minimum absolute atomic E-state index is 0. The molecule has 2 rings (SSSR count). The van der Waals surface area contributed by atoms with Crippen LogP contribution in [0.4, 0.5) is 0 Å². The van der Waals surface area contributed by atoms with E-state index in [1.165, 1.54) is 43.9 Å². The Morgan fingerprint density at radius 1 is 0.727 bits per heavy atom. The van der Waals surface area contributed by atoms with Crippen LogP contribution in [0, 0.1) is 0 Å². The van der Waals surface area contributed by atoms with E-state index in [-0.39, 0.29) is 70.4 Å². The molecule has 0 aliphatic carbocycles. The van der Waals surface area contributed by atoms with Crippen LogP contribution in [0.1, 0.15) is 63.9 Å². The number of unbranched alkanes of at least 4 members (excludes halogenated alkanes) is 7. The molecule has 0 atom stereocenters. The summed E-state index contributed by atoms with van der Waals surface area (Å²) in [6.45, 7) is 2.16. The van der Waals surface area contributed by atoms with Crippen molar-refractivity contribution < 1.29 is 30.7 Å². The third-order valence-electron chi connectivity index (χ3n) is 4.96. The van der Waals surface area contributed by atoms with Gasteiger partial charge in [-0.1, -0.05) is 76.1 Å². The Balaban J connectivity index is 0.00000512. The van der Waals surface area contributed by atoms with E-state index in [2.05, 4.69) is 6.92 Å². The van der Waals surface area contributed by atoms with E-state index in [4.69, 9.17) is 4.74 Å². The zero-order chi connectivity index (χ0) is 22.9. The minimum Gasteiger partial charge on any atom is -0.454 e. The van der Waals surface area contributed by atoms with Gasteiger partial charge >= 0.3 is 0 Å². The first-order chi connectivity index (χ1) is 14.6. The molecule has 0 heterocycles. The van der Waals surface area contributed by atoms with Crippen molar-refractivity contribution in [1.29, 1.82) is 0 Å². The fourth-order valence-electron chi connectivity index (χ4n) is 3.42. The van der Waals surface area contributed by atoms with Crippen molar-refractivity contribution in [2.45, 2.75) is 74.5 Å². The summed E-state index contributed by atoms with van der Waals surface area (Å²) in [6, 6.07) is 10.4. The van der Waals surface area contributed by atoms with Crippen molar-refractivity contribution in [3.63, 3.8) is 0 Å².